The van der Waals surface area contributed by atoms with Crippen LogP contribution >= 0.6 is 0 Å². The molecule has 0 spiro atoms. The molecule has 2 bridgehead atoms. The maximum absolute atomic E-state index is 11.8. The third kappa shape index (κ3) is 5.09. The molecular weight excluding hydrogens is 290 g/mol. The smallest absolute Gasteiger partial charge is 0.243 e. The first-order valence-corrected chi connectivity index (χ1v) is 8.86. The van der Waals surface area contributed by atoms with E-state index in [9.17, 15) is 4.79 Å². The molecule has 2 saturated heterocycles. The Hall–Kier alpha value is -1.30. The lowest BCUT2D eigenvalue weighted by Crippen LogP contribution is -2.57. The number of hydrogen-bond acceptors (Lipinski definition) is 3. The molecule has 6 heteroatoms. The number of hydrogen-bond donors (Lipinski definition) is 2. The highest BCUT2D eigenvalue weighted by Gasteiger charge is 2.36. The SMILES string of the molecule is CC(C)NC(=NCC(=O)N(C)C)NC1CC2CCCC(C1)N2C. The van der Waals surface area contributed by atoms with E-state index in [0.29, 0.717) is 24.2 Å². The van der Waals surface area contributed by atoms with Crippen molar-refractivity contribution in [2.45, 2.75) is 70.1 Å². The van der Waals surface area contributed by atoms with Gasteiger partial charge in [0, 0.05) is 38.3 Å². The van der Waals surface area contributed by atoms with Crippen LogP contribution in [0.4, 0.5) is 0 Å². The van der Waals surface area contributed by atoms with E-state index < -0.39 is 0 Å². The first-order valence-electron chi connectivity index (χ1n) is 8.86. The van der Waals surface area contributed by atoms with Gasteiger partial charge in [-0.1, -0.05) is 6.42 Å². The molecule has 0 aromatic carbocycles. The number of nitrogens with zero attached hydrogens (tertiary/aromatic N) is 3. The second-order valence-corrected chi connectivity index (χ2v) is 7.47. The lowest BCUT2D eigenvalue weighted by Gasteiger charge is -2.47. The zero-order valence-electron chi connectivity index (χ0n) is 15.3. The van der Waals surface area contributed by atoms with Crippen LogP contribution in [-0.4, -0.2) is 73.5 Å². The number of aliphatic imine (C=N–C) groups is 1. The van der Waals surface area contributed by atoms with Gasteiger partial charge in [-0.25, -0.2) is 4.99 Å². The minimum Gasteiger partial charge on any atom is -0.354 e. The van der Waals surface area contributed by atoms with Crippen LogP contribution in [0.1, 0.15) is 46.0 Å². The maximum Gasteiger partial charge on any atom is 0.243 e. The van der Waals surface area contributed by atoms with Crippen LogP contribution in [0.15, 0.2) is 4.99 Å². The van der Waals surface area contributed by atoms with Crippen molar-refractivity contribution < 1.29 is 4.79 Å². The molecule has 2 N–H and O–H groups in total. The highest BCUT2D eigenvalue weighted by atomic mass is 16.2. The van der Waals surface area contributed by atoms with E-state index in [1.54, 1.807) is 19.0 Å². The average molecular weight is 323 g/mol. The highest BCUT2D eigenvalue weighted by Crippen LogP contribution is 2.32. The molecule has 0 aromatic heterocycles. The molecule has 2 rings (SSSR count). The van der Waals surface area contributed by atoms with Crippen molar-refractivity contribution in [2.75, 3.05) is 27.7 Å². The minimum absolute atomic E-state index is 0.0232. The molecule has 23 heavy (non-hydrogen) atoms. The van der Waals surface area contributed by atoms with Crippen molar-refractivity contribution in [1.82, 2.24) is 20.4 Å². The molecule has 0 radical (unpaired) electrons. The summed E-state index contributed by atoms with van der Waals surface area (Å²) in [5, 5.41) is 6.93. The fourth-order valence-corrected chi connectivity index (χ4v) is 3.62. The second kappa shape index (κ2) is 7.99. The zero-order chi connectivity index (χ0) is 17.0. The van der Waals surface area contributed by atoms with Crippen molar-refractivity contribution in [3.05, 3.63) is 0 Å². The van der Waals surface area contributed by atoms with E-state index in [0.717, 1.165) is 18.8 Å². The number of piperidine rings is 2. The van der Waals surface area contributed by atoms with Crippen LogP contribution in [0.2, 0.25) is 0 Å². The van der Waals surface area contributed by atoms with Crippen molar-refractivity contribution in [1.29, 1.82) is 0 Å². The number of carbonyl (C=O) groups is 1. The molecule has 2 aliphatic rings. The molecule has 2 fully saturated rings. The zero-order valence-corrected chi connectivity index (χ0v) is 15.3. The van der Waals surface area contributed by atoms with E-state index in [1.165, 1.54) is 19.3 Å². The minimum atomic E-state index is 0.0232. The number of rotatable bonds is 4. The summed E-state index contributed by atoms with van der Waals surface area (Å²) < 4.78 is 0. The van der Waals surface area contributed by atoms with Crippen molar-refractivity contribution in [3.8, 4) is 0 Å². The standard InChI is InChI=1S/C17H33N5O/c1-12(2)19-17(18-11-16(23)21(3)4)20-13-9-14-7-6-8-15(10-13)22(14)5/h12-15H,6-11H2,1-5H3,(H2,18,19,20). The van der Waals surface area contributed by atoms with E-state index in [2.05, 4.69) is 41.4 Å². The predicted octanol–water partition coefficient (Wildman–Crippen LogP) is 1.03. The third-order valence-corrected chi connectivity index (χ3v) is 4.98. The quantitative estimate of drug-likeness (QED) is 0.599. The van der Waals surface area contributed by atoms with Crippen molar-refractivity contribution in [3.63, 3.8) is 0 Å². The van der Waals surface area contributed by atoms with Gasteiger partial charge in [0.15, 0.2) is 5.96 Å². The predicted molar refractivity (Wildman–Crippen MR) is 94.6 cm³/mol. The van der Waals surface area contributed by atoms with Crippen LogP contribution in [0.25, 0.3) is 0 Å². The molecule has 0 aliphatic carbocycles. The molecule has 0 aromatic rings. The molecular formula is C17H33N5O. The van der Waals surface area contributed by atoms with E-state index in [4.69, 9.17) is 0 Å². The van der Waals surface area contributed by atoms with Crippen molar-refractivity contribution in [2.24, 2.45) is 4.99 Å². The van der Waals surface area contributed by atoms with Gasteiger partial charge < -0.3 is 20.4 Å². The highest BCUT2D eigenvalue weighted by molar-refractivity contribution is 5.85. The third-order valence-electron chi connectivity index (χ3n) is 4.98. The molecule has 2 aliphatic heterocycles. The van der Waals surface area contributed by atoms with Gasteiger partial charge in [0.1, 0.15) is 6.54 Å². The Morgan fingerprint density at radius 2 is 1.87 bits per heavy atom. The van der Waals surface area contributed by atoms with Gasteiger partial charge in [-0.2, -0.15) is 0 Å². The average Bonchev–Trinajstić information content (AvgIpc) is 2.44. The number of amides is 1. The summed E-state index contributed by atoms with van der Waals surface area (Å²) in [4.78, 5) is 20.4. The molecule has 2 atom stereocenters. The van der Waals surface area contributed by atoms with Crippen LogP contribution in [0.5, 0.6) is 0 Å². The molecule has 1 amide bonds. The topological polar surface area (TPSA) is 60.0 Å². The van der Waals surface area contributed by atoms with Crippen LogP contribution in [0.3, 0.4) is 0 Å². The van der Waals surface area contributed by atoms with Gasteiger partial charge in [-0.15, -0.1) is 0 Å². The lowest BCUT2D eigenvalue weighted by molar-refractivity contribution is -0.127. The summed E-state index contributed by atoms with van der Waals surface area (Å²) in [5.74, 6) is 0.790. The van der Waals surface area contributed by atoms with Gasteiger partial charge >= 0.3 is 0 Å². The lowest BCUT2D eigenvalue weighted by atomic mass is 9.82. The summed E-state index contributed by atoms with van der Waals surface area (Å²) in [6.07, 6.45) is 6.28. The fourth-order valence-electron chi connectivity index (χ4n) is 3.62. The van der Waals surface area contributed by atoms with Crippen LogP contribution < -0.4 is 10.6 Å². The van der Waals surface area contributed by atoms with Gasteiger partial charge in [0.25, 0.3) is 0 Å². The summed E-state index contributed by atoms with van der Waals surface area (Å²) in [6.45, 7) is 4.37. The van der Waals surface area contributed by atoms with Gasteiger partial charge in [0.05, 0.1) is 0 Å². The van der Waals surface area contributed by atoms with Gasteiger partial charge in [-0.3, -0.25) is 4.79 Å². The maximum atomic E-state index is 11.8. The Balaban J connectivity index is 1.97. The molecule has 2 unspecified atom stereocenters. The molecule has 2 heterocycles. The van der Waals surface area contributed by atoms with E-state index in [-0.39, 0.29) is 12.5 Å². The normalized spacial score (nSPS) is 28.6. The summed E-state index contributed by atoms with van der Waals surface area (Å²) in [6, 6.07) is 2.11. The summed E-state index contributed by atoms with van der Waals surface area (Å²) in [5.41, 5.74) is 0. The Labute approximate surface area is 140 Å². The number of likely N-dealkylation sites (N-methyl/N-ethyl adjacent to an activating group) is 1. The number of guanidine groups is 1. The number of fused-ring (bicyclic) bond motifs is 2. The molecule has 0 saturated carbocycles. The van der Waals surface area contributed by atoms with Gasteiger partial charge in [0.2, 0.25) is 5.91 Å². The number of carbonyl (C=O) groups excluding carboxylic acids is 1. The van der Waals surface area contributed by atoms with E-state index >= 15 is 0 Å². The van der Waals surface area contributed by atoms with Crippen LogP contribution in [0, 0.1) is 0 Å². The largest absolute Gasteiger partial charge is 0.354 e. The Bertz CT molecular complexity index is 421. The number of nitrogens with one attached hydrogen (secondary N) is 2. The summed E-state index contributed by atoms with van der Waals surface area (Å²) in [7, 11) is 5.79. The Kier molecular flexibility index (Phi) is 6.27. The van der Waals surface area contributed by atoms with Crippen molar-refractivity contribution >= 4 is 11.9 Å². The first-order chi connectivity index (χ1) is 10.9. The van der Waals surface area contributed by atoms with E-state index in [1.807, 2.05) is 0 Å². The Morgan fingerprint density at radius 1 is 1.26 bits per heavy atom. The molecule has 6 nitrogen and oxygen atoms in total. The van der Waals surface area contributed by atoms with Gasteiger partial charge in [-0.05, 0) is 46.6 Å². The monoisotopic (exact) mass is 323 g/mol. The Morgan fingerprint density at radius 3 is 2.39 bits per heavy atom. The fraction of sp³-hybridized carbons (Fsp3) is 0.882. The first kappa shape index (κ1) is 18.0. The second-order valence-electron chi connectivity index (χ2n) is 7.47. The van der Waals surface area contributed by atoms with Crippen LogP contribution in [-0.2, 0) is 4.79 Å². The molecule has 132 valence electrons. The summed E-state index contributed by atoms with van der Waals surface area (Å²) >= 11 is 0.